The van der Waals surface area contributed by atoms with Crippen molar-refractivity contribution in [3.05, 3.63) is 183 Å². The molecule has 0 amide bonds. The Bertz CT molecular complexity index is 3100. The summed E-state index contributed by atoms with van der Waals surface area (Å²) in [6.07, 6.45) is 5.06. The molecule has 1 aliphatic heterocycles. The number of nitriles is 1. The van der Waals surface area contributed by atoms with Crippen LogP contribution >= 0.6 is 11.8 Å². The van der Waals surface area contributed by atoms with Crippen molar-refractivity contribution >= 4 is 29.1 Å². The molecule has 1 unspecified atom stereocenters. The van der Waals surface area contributed by atoms with Gasteiger partial charge in [-0.25, -0.2) is 19.3 Å². The number of hydrogen-bond donors (Lipinski definition) is 0. The Balaban J connectivity index is 1.14. The maximum absolute atomic E-state index is 17.3. The quantitative estimate of drug-likeness (QED) is 0.0601. The molecule has 2 aromatic heterocycles. The molecule has 0 N–H and O–H groups in total. The summed E-state index contributed by atoms with van der Waals surface area (Å²) in [5, 5.41) is 12.0. The summed E-state index contributed by atoms with van der Waals surface area (Å²) in [6, 6.07) is 39.0. The van der Waals surface area contributed by atoms with Gasteiger partial charge in [0.15, 0.2) is 5.16 Å². The van der Waals surface area contributed by atoms with Crippen LogP contribution in [0, 0.1) is 17.1 Å². The Hall–Kier alpha value is -7.34. The van der Waals surface area contributed by atoms with Gasteiger partial charge < -0.3 is 33.6 Å². The van der Waals surface area contributed by atoms with E-state index in [4.69, 9.17) is 33.9 Å². The minimum atomic E-state index is -2.68. The summed E-state index contributed by atoms with van der Waals surface area (Å²) in [5.41, 5.74) is 6.29. The summed E-state index contributed by atoms with van der Waals surface area (Å²) < 4.78 is 67.0. The highest BCUT2D eigenvalue weighted by atomic mass is 32.2. The molecule has 0 fully saturated rings. The third kappa shape index (κ3) is 10.5. The molecule has 0 bridgehead atoms. The van der Waals surface area contributed by atoms with Crippen LogP contribution in [0.15, 0.2) is 127 Å². The standard InChI is InChI=1S/C59H63FN8O4S/c1-39(48-12-10-30-62-56(48)68(36-42-17-25-46(71-6)26-18-42)37-43-19-27-47(72-7)28-20-43)66(3)57-51-38-65(2)59(32-53(51)63-58(64-57)73-8)29-9-11-49-52(60)31-54(50(33-61)55(49)59)67(34-40-13-21-44(69-4)22-14-40)35-41-15-23-45(70-5)24-16-41/h10,12-28,30-31,39H,9,11,29,32,34-38H2,1-8H3/t39-,59?/m1/s1/i2D3. The zero-order valence-electron chi connectivity index (χ0n) is 45.5. The molecule has 12 nitrogen and oxygen atoms in total. The maximum Gasteiger partial charge on any atom is 0.189 e. The van der Waals surface area contributed by atoms with E-state index in [1.807, 2.05) is 97.1 Å². The highest BCUT2D eigenvalue weighted by molar-refractivity contribution is 7.98. The summed E-state index contributed by atoms with van der Waals surface area (Å²) in [5.74, 6) is 3.80. The zero-order chi connectivity index (χ0) is 53.7. The van der Waals surface area contributed by atoms with Crippen molar-refractivity contribution in [2.75, 3.05) is 63.4 Å². The Morgan fingerprint density at radius 2 is 1.27 bits per heavy atom. The second kappa shape index (κ2) is 22.2. The summed E-state index contributed by atoms with van der Waals surface area (Å²) in [6.45, 7) is 1.06. The predicted octanol–water partition coefficient (Wildman–Crippen LogP) is 11.5. The van der Waals surface area contributed by atoms with Crippen molar-refractivity contribution < 1.29 is 27.5 Å². The lowest BCUT2D eigenvalue weighted by atomic mass is 9.68. The van der Waals surface area contributed by atoms with Crippen molar-refractivity contribution in [1.82, 2.24) is 19.9 Å². The van der Waals surface area contributed by atoms with E-state index in [-0.39, 0.29) is 24.6 Å². The van der Waals surface area contributed by atoms with Gasteiger partial charge in [-0.3, -0.25) is 4.90 Å². The van der Waals surface area contributed by atoms with Crippen LogP contribution in [0.5, 0.6) is 23.0 Å². The Labute approximate surface area is 437 Å². The minimum absolute atomic E-state index is 0.0780. The fourth-order valence-electron chi connectivity index (χ4n) is 10.4. The lowest BCUT2D eigenvalue weighted by molar-refractivity contribution is 0.0716. The molecule has 0 saturated heterocycles. The molecule has 0 radical (unpaired) electrons. The molecular formula is C59H63FN8O4S. The molecule has 9 rings (SSSR count). The first kappa shape index (κ1) is 46.7. The van der Waals surface area contributed by atoms with Crippen molar-refractivity contribution in [2.24, 2.45) is 0 Å². The Morgan fingerprint density at radius 3 is 1.75 bits per heavy atom. The van der Waals surface area contributed by atoms with Crippen LogP contribution in [-0.2, 0) is 51.1 Å². The minimum Gasteiger partial charge on any atom is -0.497 e. The van der Waals surface area contributed by atoms with Crippen molar-refractivity contribution in [3.8, 4) is 29.1 Å². The van der Waals surface area contributed by atoms with Crippen LogP contribution in [0.1, 0.15) is 85.7 Å². The maximum atomic E-state index is 17.3. The molecule has 1 aliphatic carbocycles. The monoisotopic (exact) mass is 1000 g/mol. The first-order chi connectivity index (χ1) is 36.7. The van der Waals surface area contributed by atoms with E-state index in [1.54, 1.807) is 34.6 Å². The van der Waals surface area contributed by atoms with Crippen LogP contribution in [-0.4, -0.2) is 68.6 Å². The number of benzene rings is 5. The number of hydrogen-bond acceptors (Lipinski definition) is 13. The Morgan fingerprint density at radius 1 is 0.753 bits per heavy atom. The molecule has 3 heterocycles. The van der Waals surface area contributed by atoms with E-state index < -0.39 is 18.3 Å². The lowest BCUT2D eigenvalue weighted by Crippen LogP contribution is -2.51. The number of likely N-dealkylation sites (N-methyl/N-ethyl adjacent to an activating group) is 1. The second-order valence-corrected chi connectivity index (χ2v) is 19.4. The van der Waals surface area contributed by atoms with Crippen molar-refractivity contribution in [3.63, 3.8) is 0 Å². The number of aromatic nitrogens is 3. The van der Waals surface area contributed by atoms with E-state index in [9.17, 15) is 9.37 Å². The van der Waals surface area contributed by atoms with Crippen LogP contribution in [0.2, 0.25) is 0 Å². The van der Waals surface area contributed by atoms with Gasteiger partial charge in [-0.1, -0.05) is 66.4 Å². The molecule has 73 heavy (non-hydrogen) atoms. The lowest BCUT2D eigenvalue weighted by Gasteiger charge is -2.50. The van der Waals surface area contributed by atoms with E-state index in [0.717, 1.165) is 45.1 Å². The molecule has 5 aromatic carbocycles. The number of halogens is 1. The molecule has 2 atom stereocenters. The van der Waals surface area contributed by atoms with Gasteiger partial charge in [0.25, 0.3) is 0 Å². The zero-order valence-corrected chi connectivity index (χ0v) is 43.3. The normalized spacial score (nSPS) is 16.2. The molecule has 14 heteroatoms. The fraction of sp³-hybridized carbons (Fsp3) is 0.322. The number of nitrogens with zero attached hydrogens (tertiary/aromatic N) is 8. The third-order valence-electron chi connectivity index (χ3n) is 14.4. The SMILES string of the molecule is [2H]C([2H])([2H])N1Cc2c(nc(SC)nc2N(C)[C@H](C)c2cccnc2N(Cc2ccc(OC)cc2)Cc2ccc(OC)cc2)CC12CCCc1c(F)cc(N(Cc3ccc(OC)cc3)Cc3ccc(OC)cc3)c(C#N)c12. The first-order valence-electron chi connectivity index (χ1n) is 25.9. The highest BCUT2D eigenvalue weighted by Gasteiger charge is 2.48. The first-order valence-corrected chi connectivity index (χ1v) is 25.6. The third-order valence-corrected chi connectivity index (χ3v) is 15.0. The van der Waals surface area contributed by atoms with Gasteiger partial charge in [-0.2, -0.15) is 5.26 Å². The highest BCUT2D eigenvalue weighted by Crippen LogP contribution is 2.51. The van der Waals surface area contributed by atoms with Gasteiger partial charge in [0, 0.05) is 67.6 Å². The Kier molecular flexibility index (Phi) is 14.2. The van der Waals surface area contributed by atoms with E-state index in [1.165, 1.54) is 22.7 Å². The number of ether oxygens (including phenoxy) is 4. The molecule has 7 aromatic rings. The average Bonchev–Trinajstić information content (AvgIpc) is 3.47. The van der Waals surface area contributed by atoms with Crippen molar-refractivity contribution in [2.45, 2.75) is 82.1 Å². The van der Waals surface area contributed by atoms with E-state index in [2.05, 4.69) is 53.1 Å². The van der Waals surface area contributed by atoms with Gasteiger partial charge in [0.1, 0.15) is 46.5 Å². The second-order valence-electron chi connectivity index (χ2n) is 18.6. The summed E-state index contributed by atoms with van der Waals surface area (Å²) in [4.78, 5) is 23.2. The van der Waals surface area contributed by atoms with Crippen LogP contribution in [0.4, 0.5) is 21.7 Å². The molecule has 376 valence electrons. The van der Waals surface area contributed by atoms with Gasteiger partial charge in [0.05, 0.1) is 57.0 Å². The van der Waals surface area contributed by atoms with E-state index >= 15 is 4.39 Å². The van der Waals surface area contributed by atoms with Gasteiger partial charge in [0.2, 0.25) is 0 Å². The topological polar surface area (TPSA) is 112 Å². The number of methoxy groups -OCH3 is 4. The van der Waals surface area contributed by atoms with Crippen LogP contribution in [0.25, 0.3) is 0 Å². The number of anilines is 3. The summed E-state index contributed by atoms with van der Waals surface area (Å²) in [7, 11) is 8.50. The molecule has 2 aliphatic rings. The molecule has 0 saturated carbocycles. The summed E-state index contributed by atoms with van der Waals surface area (Å²) >= 11 is 1.40. The van der Waals surface area contributed by atoms with Gasteiger partial charge in [-0.05, 0) is 133 Å². The van der Waals surface area contributed by atoms with Gasteiger partial charge in [-0.15, -0.1) is 0 Å². The number of thioether (sulfide) groups is 1. The smallest absolute Gasteiger partial charge is 0.189 e. The van der Waals surface area contributed by atoms with Crippen LogP contribution < -0.4 is 33.6 Å². The molecular weight excluding hydrogens is 936 g/mol. The number of rotatable bonds is 18. The van der Waals surface area contributed by atoms with Crippen molar-refractivity contribution in [1.29, 1.82) is 5.26 Å². The number of fused-ring (bicyclic) bond motifs is 3. The predicted molar refractivity (Wildman–Crippen MR) is 288 cm³/mol. The largest absolute Gasteiger partial charge is 0.497 e. The fourth-order valence-corrected chi connectivity index (χ4v) is 10.8. The molecule has 1 spiro atoms. The number of pyridine rings is 1. The van der Waals surface area contributed by atoms with Crippen LogP contribution in [0.3, 0.4) is 0 Å². The van der Waals surface area contributed by atoms with E-state index in [0.29, 0.717) is 96.0 Å². The average molecular weight is 1000 g/mol. The van der Waals surface area contributed by atoms with Gasteiger partial charge >= 0.3 is 0 Å².